The van der Waals surface area contributed by atoms with Gasteiger partial charge in [-0.05, 0) is 110 Å². The number of aliphatic hydroxyl groups excluding tert-OH is 2. The number of carboxylic acids is 1. The summed E-state index contributed by atoms with van der Waals surface area (Å²) in [5.41, 5.74) is 0.536. The van der Waals surface area contributed by atoms with E-state index in [2.05, 4.69) is 27.7 Å². The third-order valence-corrected chi connectivity index (χ3v) is 11.4. The van der Waals surface area contributed by atoms with Gasteiger partial charge in [-0.25, -0.2) is 0 Å². The molecule has 4 aliphatic carbocycles. The lowest BCUT2D eigenvalue weighted by Crippen LogP contribution is -2.62. The van der Waals surface area contributed by atoms with Crippen molar-refractivity contribution in [2.45, 2.75) is 98.0 Å². The van der Waals surface area contributed by atoms with Crippen molar-refractivity contribution in [3.63, 3.8) is 0 Å². The van der Waals surface area contributed by atoms with Crippen molar-refractivity contribution in [3.05, 3.63) is 0 Å². The summed E-state index contributed by atoms with van der Waals surface area (Å²) in [4.78, 5) is 11.1. The van der Waals surface area contributed by atoms with E-state index in [4.69, 9.17) is 0 Å². The van der Waals surface area contributed by atoms with Crippen LogP contribution in [0.25, 0.3) is 0 Å². The fourth-order valence-corrected chi connectivity index (χ4v) is 9.75. The van der Waals surface area contributed by atoms with Crippen molar-refractivity contribution in [3.8, 4) is 0 Å². The molecule has 0 radical (unpaired) electrons. The number of aliphatic carboxylic acids is 1. The van der Waals surface area contributed by atoms with Gasteiger partial charge in [0.25, 0.3) is 0 Å². The Balaban J connectivity index is 1.61. The first-order valence-corrected chi connectivity index (χ1v) is 13.2. The van der Waals surface area contributed by atoms with Crippen LogP contribution >= 0.6 is 0 Å². The number of fused-ring (bicyclic) bond motifs is 5. The number of rotatable bonds is 6. The van der Waals surface area contributed by atoms with E-state index in [1.807, 2.05) is 0 Å². The Morgan fingerprint density at radius 2 is 1.71 bits per heavy atom. The zero-order valence-electron chi connectivity index (χ0n) is 20.2. The normalized spacial score (nSPS) is 50.3. The molecule has 31 heavy (non-hydrogen) atoms. The molecule has 0 bridgehead atoms. The molecular formula is C27H46O4. The predicted molar refractivity (Wildman–Crippen MR) is 122 cm³/mol. The molecule has 0 unspecified atom stereocenters. The van der Waals surface area contributed by atoms with Gasteiger partial charge in [0.15, 0.2) is 0 Å². The zero-order valence-corrected chi connectivity index (χ0v) is 20.2. The third-order valence-electron chi connectivity index (χ3n) is 11.4. The van der Waals surface area contributed by atoms with Crippen LogP contribution in [0.4, 0.5) is 0 Å². The average Bonchev–Trinajstić information content (AvgIpc) is 3.09. The lowest BCUT2D eigenvalue weighted by atomic mass is 9.41. The molecule has 0 aromatic rings. The Hall–Kier alpha value is -0.610. The monoisotopic (exact) mass is 434 g/mol. The first-order valence-electron chi connectivity index (χ1n) is 13.2. The van der Waals surface area contributed by atoms with E-state index >= 15 is 0 Å². The molecule has 4 aliphatic rings. The highest BCUT2D eigenvalue weighted by Gasteiger charge is 2.64. The minimum absolute atomic E-state index is 0.219. The maximum Gasteiger partial charge on any atom is 0.303 e. The van der Waals surface area contributed by atoms with Crippen molar-refractivity contribution in [1.29, 1.82) is 0 Å². The number of hydrogen-bond donors (Lipinski definition) is 3. The van der Waals surface area contributed by atoms with Crippen molar-refractivity contribution < 1.29 is 20.1 Å². The predicted octanol–water partition coefficient (Wildman–Crippen LogP) is 5.36. The van der Waals surface area contributed by atoms with Gasteiger partial charge in [-0.3, -0.25) is 4.79 Å². The van der Waals surface area contributed by atoms with Crippen LogP contribution in [0.1, 0.15) is 91.9 Å². The first kappa shape index (κ1) is 23.5. The Kier molecular flexibility index (Phi) is 6.55. The summed E-state index contributed by atoms with van der Waals surface area (Å²) in [6.45, 7) is 9.83. The van der Waals surface area contributed by atoms with Gasteiger partial charge >= 0.3 is 5.97 Å². The number of hydrogen-bond acceptors (Lipinski definition) is 3. The van der Waals surface area contributed by atoms with Crippen molar-refractivity contribution >= 4 is 5.97 Å². The quantitative estimate of drug-likeness (QED) is 0.526. The van der Waals surface area contributed by atoms with E-state index in [9.17, 15) is 20.1 Å². The summed E-state index contributed by atoms with van der Waals surface area (Å²) in [6, 6.07) is 0. The Bertz CT molecular complexity index is 664. The van der Waals surface area contributed by atoms with E-state index in [0.717, 1.165) is 25.7 Å². The molecule has 4 saturated carbocycles. The zero-order chi connectivity index (χ0) is 22.6. The van der Waals surface area contributed by atoms with E-state index in [0.29, 0.717) is 59.4 Å². The molecule has 0 aliphatic heterocycles. The smallest absolute Gasteiger partial charge is 0.303 e. The van der Waals surface area contributed by atoms with Gasteiger partial charge in [-0.1, -0.05) is 34.1 Å². The van der Waals surface area contributed by atoms with E-state index in [1.165, 1.54) is 32.1 Å². The van der Waals surface area contributed by atoms with Gasteiger partial charge < -0.3 is 15.3 Å². The van der Waals surface area contributed by atoms with Crippen molar-refractivity contribution in [2.75, 3.05) is 6.61 Å². The topological polar surface area (TPSA) is 77.8 Å². The minimum Gasteiger partial charge on any atom is -0.481 e. The molecule has 178 valence electrons. The average molecular weight is 435 g/mol. The molecule has 4 heteroatoms. The summed E-state index contributed by atoms with van der Waals surface area (Å²) in [5.74, 6) is 3.21. The second-order valence-electron chi connectivity index (χ2n) is 12.4. The SMILES string of the molecule is CC[C@H]1[C@@H](O)[C@@H]2[C@H](CC[C@]3(C)[C@@H]([C@H](C)CCC(=O)O)CC[C@@H]23)[C@@]2(C)CC[C@H](CO)C[C@@H]12. The summed E-state index contributed by atoms with van der Waals surface area (Å²) in [7, 11) is 0. The molecule has 0 spiro atoms. The van der Waals surface area contributed by atoms with Crippen molar-refractivity contribution in [1.82, 2.24) is 0 Å². The summed E-state index contributed by atoms with van der Waals surface area (Å²) < 4.78 is 0. The molecule has 0 amide bonds. The molecule has 0 aromatic heterocycles. The summed E-state index contributed by atoms with van der Waals surface area (Å²) in [5, 5.41) is 30.8. The molecule has 11 atom stereocenters. The van der Waals surface area contributed by atoms with Crippen LogP contribution in [0.3, 0.4) is 0 Å². The van der Waals surface area contributed by atoms with E-state index < -0.39 is 5.97 Å². The van der Waals surface area contributed by atoms with Crippen LogP contribution < -0.4 is 0 Å². The lowest BCUT2D eigenvalue weighted by molar-refractivity contribution is -0.200. The minimum atomic E-state index is -0.679. The van der Waals surface area contributed by atoms with Crippen LogP contribution in [0.5, 0.6) is 0 Å². The number of aliphatic hydroxyl groups is 2. The highest BCUT2D eigenvalue weighted by molar-refractivity contribution is 5.66. The van der Waals surface area contributed by atoms with Crippen LogP contribution in [-0.2, 0) is 4.79 Å². The second-order valence-corrected chi connectivity index (χ2v) is 12.4. The number of carbonyl (C=O) groups is 1. The molecule has 0 saturated heterocycles. The largest absolute Gasteiger partial charge is 0.481 e. The van der Waals surface area contributed by atoms with Crippen LogP contribution in [-0.4, -0.2) is 34.0 Å². The van der Waals surface area contributed by atoms with E-state index in [1.54, 1.807) is 0 Å². The first-order chi connectivity index (χ1) is 14.7. The molecule has 4 nitrogen and oxygen atoms in total. The summed E-state index contributed by atoms with van der Waals surface area (Å²) in [6.07, 6.45) is 10.1. The molecule has 4 rings (SSSR count). The van der Waals surface area contributed by atoms with E-state index in [-0.39, 0.29) is 17.9 Å². The van der Waals surface area contributed by atoms with Crippen LogP contribution in [0, 0.1) is 58.2 Å². The Morgan fingerprint density at radius 1 is 1.03 bits per heavy atom. The van der Waals surface area contributed by atoms with Gasteiger partial charge in [0, 0.05) is 13.0 Å². The Labute approximate surface area is 189 Å². The second kappa shape index (κ2) is 8.63. The van der Waals surface area contributed by atoms with Crippen molar-refractivity contribution in [2.24, 2.45) is 58.2 Å². The lowest BCUT2D eigenvalue weighted by Gasteiger charge is -2.65. The molecule has 0 heterocycles. The van der Waals surface area contributed by atoms with Gasteiger partial charge in [-0.2, -0.15) is 0 Å². The standard InChI is InChI=1S/C27H46O4/c1-5-18-22-14-17(15-28)10-12-27(22,4)21-11-13-26(3)19(16(2)6-9-23(29)30)7-8-20(26)24(21)25(18)31/h16-22,24-25,28,31H,5-15H2,1-4H3,(H,29,30)/t16-,17+,18-,19-,20+,21+,22+,24+,25-,26-,27-/m1/s1. The molecular weight excluding hydrogens is 388 g/mol. The van der Waals surface area contributed by atoms with Crippen LogP contribution in [0.2, 0.25) is 0 Å². The molecule has 4 fully saturated rings. The van der Waals surface area contributed by atoms with Gasteiger partial charge in [-0.15, -0.1) is 0 Å². The number of carboxylic acid groups (broad SMARTS) is 1. The highest BCUT2D eigenvalue weighted by Crippen LogP contribution is 2.69. The molecule has 3 N–H and O–H groups in total. The summed E-state index contributed by atoms with van der Waals surface area (Å²) >= 11 is 0. The van der Waals surface area contributed by atoms with Crippen LogP contribution in [0.15, 0.2) is 0 Å². The van der Waals surface area contributed by atoms with Gasteiger partial charge in [0.05, 0.1) is 6.10 Å². The van der Waals surface area contributed by atoms with Gasteiger partial charge in [0.2, 0.25) is 0 Å². The Morgan fingerprint density at radius 3 is 2.35 bits per heavy atom. The third kappa shape index (κ3) is 3.68. The van der Waals surface area contributed by atoms with Gasteiger partial charge in [0.1, 0.15) is 0 Å². The fourth-order valence-electron chi connectivity index (χ4n) is 9.75. The maximum absolute atomic E-state index is 11.8. The molecule has 0 aromatic carbocycles. The fraction of sp³-hybridized carbons (Fsp3) is 0.963. The highest BCUT2D eigenvalue weighted by atomic mass is 16.4. The maximum atomic E-state index is 11.8.